The van der Waals surface area contributed by atoms with Crippen molar-refractivity contribution in [3.8, 4) is 0 Å². The summed E-state index contributed by atoms with van der Waals surface area (Å²) >= 11 is 0. The van der Waals surface area contributed by atoms with Gasteiger partial charge in [-0.1, -0.05) is 13.8 Å². The Morgan fingerprint density at radius 1 is 1.47 bits per heavy atom. The molecular weight excluding hydrogens is 190 g/mol. The monoisotopic (exact) mass is 205 g/mol. The van der Waals surface area contributed by atoms with E-state index in [1.54, 1.807) is 6.20 Å². The summed E-state index contributed by atoms with van der Waals surface area (Å²) in [6, 6.07) is 0. The molecule has 0 amide bonds. The van der Waals surface area contributed by atoms with Gasteiger partial charge < -0.3 is 16.8 Å². The SMILES string of the molecule is CC(C)C1(N)NC=Cc2cnc(N)nc21. The molecule has 0 aromatic carbocycles. The highest BCUT2D eigenvalue weighted by molar-refractivity contribution is 5.56. The summed E-state index contributed by atoms with van der Waals surface area (Å²) in [5, 5.41) is 3.13. The van der Waals surface area contributed by atoms with E-state index in [1.165, 1.54) is 0 Å². The van der Waals surface area contributed by atoms with Crippen LogP contribution in [0.4, 0.5) is 5.95 Å². The third kappa shape index (κ3) is 1.45. The van der Waals surface area contributed by atoms with Gasteiger partial charge in [-0.3, -0.25) is 0 Å². The van der Waals surface area contributed by atoms with E-state index in [9.17, 15) is 0 Å². The minimum atomic E-state index is -0.666. The average molecular weight is 205 g/mol. The van der Waals surface area contributed by atoms with Crippen molar-refractivity contribution in [2.45, 2.75) is 19.5 Å². The summed E-state index contributed by atoms with van der Waals surface area (Å²) in [4.78, 5) is 8.17. The summed E-state index contributed by atoms with van der Waals surface area (Å²) in [5.41, 5.74) is 12.9. The number of aromatic nitrogens is 2. The minimum absolute atomic E-state index is 0.204. The van der Waals surface area contributed by atoms with Gasteiger partial charge in [-0.25, -0.2) is 9.97 Å². The molecule has 0 spiro atoms. The molecule has 2 heterocycles. The Balaban J connectivity index is 2.59. The molecule has 5 N–H and O–H groups in total. The summed E-state index contributed by atoms with van der Waals surface area (Å²) in [5.74, 6) is 0.455. The number of nitrogens with two attached hydrogens (primary N) is 2. The van der Waals surface area contributed by atoms with Crippen LogP contribution in [0.3, 0.4) is 0 Å². The van der Waals surface area contributed by atoms with Crippen LogP contribution in [0.1, 0.15) is 25.1 Å². The topological polar surface area (TPSA) is 89.8 Å². The summed E-state index contributed by atoms with van der Waals surface area (Å²) < 4.78 is 0. The molecule has 0 bridgehead atoms. The molecule has 1 unspecified atom stereocenters. The third-order valence-electron chi connectivity index (χ3n) is 2.72. The highest BCUT2D eigenvalue weighted by Gasteiger charge is 2.35. The van der Waals surface area contributed by atoms with Crippen LogP contribution < -0.4 is 16.8 Å². The quantitative estimate of drug-likeness (QED) is 0.617. The molecule has 0 fully saturated rings. The predicted molar refractivity (Wildman–Crippen MR) is 59.3 cm³/mol. The lowest BCUT2D eigenvalue weighted by molar-refractivity contribution is 0.267. The maximum atomic E-state index is 6.27. The van der Waals surface area contributed by atoms with Crippen LogP contribution in [0.25, 0.3) is 6.08 Å². The van der Waals surface area contributed by atoms with Gasteiger partial charge in [-0.05, 0) is 18.2 Å². The number of hydrogen-bond donors (Lipinski definition) is 3. The molecule has 1 atom stereocenters. The Kier molecular flexibility index (Phi) is 2.12. The fourth-order valence-corrected chi connectivity index (χ4v) is 1.64. The van der Waals surface area contributed by atoms with Gasteiger partial charge in [0.25, 0.3) is 0 Å². The number of nitrogen functional groups attached to an aromatic ring is 1. The molecule has 5 nitrogen and oxygen atoms in total. The molecular formula is C10H15N5. The lowest BCUT2D eigenvalue weighted by Gasteiger charge is -2.36. The van der Waals surface area contributed by atoms with Gasteiger partial charge in [0.05, 0.1) is 5.69 Å². The number of fused-ring (bicyclic) bond motifs is 1. The summed E-state index contributed by atoms with van der Waals surface area (Å²) in [6.07, 6.45) is 5.41. The average Bonchev–Trinajstić information content (AvgIpc) is 2.19. The molecule has 1 aliphatic rings. The van der Waals surface area contributed by atoms with Gasteiger partial charge in [-0.2, -0.15) is 0 Å². The molecule has 2 rings (SSSR count). The summed E-state index contributed by atoms with van der Waals surface area (Å²) in [6.45, 7) is 4.07. The molecule has 0 saturated heterocycles. The maximum Gasteiger partial charge on any atom is 0.220 e. The molecule has 0 aliphatic carbocycles. The van der Waals surface area contributed by atoms with Crippen molar-refractivity contribution < 1.29 is 0 Å². The van der Waals surface area contributed by atoms with E-state index in [4.69, 9.17) is 11.5 Å². The van der Waals surface area contributed by atoms with E-state index in [2.05, 4.69) is 15.3 Å². The van der Waals surface area contributed by atoms with Crippen LogP contribution in [-0.2, 0) is 5.66 Å². The van der Waals surface area contributed by atoms with E-state index in [0.29, 0.717) is 0 Å². The first-order chi connectivity index (χ1) is 7.04. The number of nitrogens with one attached hydrogen (secondary N) is 1. The molecule has 5 heteroatoms. The third-order valence-corrected chi connectivity index (χ3v) is 2.72. The van der Waals surface area contributed by atoms with E-state index in [1.807, 2.05) is 26.1 Å². The maximum absolute atomic E-state index is 6.27. The largest absolute Gasteiger partial charge is 0.368 e. The van der Waals surface area contributed by atoms with Crippen LogP contribution in [-0.4, -0.2) is 9.97 Å². The van der Waals surface area contributed by atoms with Crippen LogP contribution in [0.15, 0.2) is 12.4 Å². The van der Waals surface area contributed by atoms with Crippen LogP contribution >= 0.6 is 0 Å². The standard InChI is InChI=1S/C10H15N5/c1-6(2)10(12)8-7(3-4-14-10)5-13-9(11)15-8/h3-6,14H,12H2,1-2H3,(H2,11,13,15). The Morgan fingerprint density at radius 3 is 2.87 bits per heavy atom. The second kappa shape index (κ2) is 3.20. The van der Waals surface area contributed by atoms with Crippen LogP contribution in [0.5, 0.6) is 0 Å². The first-order valence-corrected chi connectivity index (χ1v) is 4.90. The Bertz CT molecular complexity index is 412. The number of rotatable bonds is 1. The summed E-state index contributed by atoms with van der Waals surface area (Å²) in [7, 11) is 0. The molecule has 1 aromatic rings. The van der Waals surface area contributed by atoms with Gasteiger partial charge in [0.15, 0.2) is 0 Å². The molecule has 0 radical (unpaired) electrons. The Labute approximate surface area is 88.6 Å². The lowest BCUT2D eigenvalue weighted by Crippen LogP contribution is -2.54. The van der Waals surface area contributed by atoms with Crippen molar-refractivity contribution in [2.75, 3.05) is 5.73 Å². The highest BCUT2D eigenvalue weighted by atomic mass is 15.1. The Morgan fingerprint density at radius 2 is 2.20 bits per heavy atom. The van der Waals surface area contributed by atoms with Gasteiger partial charge in [0.1, 0.15) is 5.66 Å². The number of hydrogen-bond acceptors (Lipinski definition) is 5. The Hall–Kier alpha value is -1.62. The number of nitrogens with zero attached hydrogens (tertiary/aromatic N) is 2. The van der Waals surface area contributed by atoms with Gasteiger partial charge >= 0.3 is 0 Å². The zero-order valence-corrected chi connectivity index (χ0v) is 8.86. The van der Waals surface area contributed by atoms with Crippen LogP contribution in [0.2, 0.25) is 0 Å². The minimum Gasteiger partial charge on any atom is -0.368 e. The second-order valence-corrected chi connectivity index (χ2v) is 4.03. The zero-order valence-electron chi connectivity index (χ0n) is 8.86. The van der Waals surface area contributed by atoms with Gasteiger partial charge in [-0.15, -0.1) is 0 Å². The van der Waals surface area contributed by atoms with Crippen molar-refractivity contribution in [2.24, 2.45) is 11.7 Å². The van der Waals surface area contributed by atoms with Crippen molar-refractivity contribution in [3.05, 3.63) is 23.7 Å². The first-order valence-electron chi connectivity index (χ1n) is 4.90. The smallest absolute Gasteiger partial charge is 0.220 e. The number of anilines is 1. The molecule has 1 aliphatic heterocycles. The van der Waals surface area contributed by atoms with Gasteiger partial charge in [0, 0.05) is 11.8 Å². The van der Waals surface area contributed by atoms with Gasteiger partial charge in [0.2, 0.25) is 5.95 Å². The predicted octanol–water partition coefficient (Wildman–Crippen LogP) is 0.400. The van der Waals surface area contributed by atoms with Crippen molar-refractivity contribution >= 4 is 12.0 Å². The van der Waals surface area contributed by atoms with E-state index >= 15 is 0 Å². The molecule has 1 aromatic heterocycles. The molecule has 80 valence electrons. The zero-order chi connectivity index (χ0) is 11.1. The normalized spacial score (nSPS) is 23.7. The molecule has 15 heavy (non-hydrogen) atoms. The fourth-order valence-electron chi connectivity index (χ4n) is 1.64. The first kappa shape index (κ1) is 9.92. The fraction of sp³-hybridized carbons (Fsp3) is 0.400. The van der Waals surface area contributed by atoms with Crippen LogP contribution in [0, 0.1) is 5.92 Å². The van der Waals surface area contributed by atoms with E-state index < -0.39 is 5.66 Å². The van der Waals surface area contributed by atoms with E-state index in [0.717, 1.165) is 11.3 Å². The van der Waals surface area contributed by atoms with Crippen molar-refractivity contribution in [1.82, 2.24) is 15.3 Å². The van der Waals surface area contributed by atoms with E-state index in [-0.39, 0.29) is 11.9 Å². The highest BCUT2D eigenvalue weighted by Crippen LogP contribution is 2.29. The van der Waals surface area contributed by atoms with Crippen molar-refractivity contribution in [1.29, 1.82) is 0 Å². The molecule has 0 saturated carbocycles. The second-order valence-electron chi connectivity index (χ2n) is 4.03. The lowest BCUT2D eigenvalue weighted by atomic mass is 9.89. The van der Waals surface area contributed by atoms with Crippen molar-refractivity contribution in [3.63, 3.8) is 0 Å².